The van der Waals surface area contributed by atoms with Crippen LogP contribution in [0.5, 0.6) is 5.75 Å². The second-order valence-electron chi connectivity index (χ2n) is 2.18. The van der Waals surface area contributed by atoms with Crippen molar-refractivity contribution < 1.29 is 14.6 Å². The first-order chi connectivity index (χ1) is 5.74. The molecule has 0 amide bonds. The van der Waals surface area contributed by atoms with Gasteiger partial charge in [0, 0.05) is 6.07 Å². The summed E-state index contributed by atoms with van der Waals surface area (Å²) in [7, 11) is 0. The second-order valence-corrected chi connectivity index (χ2v) is 2.18. The molecule has 0 fully saturated rings. The van der Waals surface area contributed by atoms with E-state index >= 15 is 0 Å². The summed E-state index contributed by atoms with van der Waals surface area (Å²) in [6.45, 7) is 2.08. The van der Waals surface area contributed by atoms with Gasteiger partial charge in [0.1, 0.15) is 5.75 Å². The fourth-order valence-electron chi connectivity index (χ4n) is 0.752. The third kappa shape index (κ3) is 1.99. The van der Waals surface area contributed by atoms with Gasteiger partial charge in [-0.25, -0.2) is 4.79 Å². The molecule has 0 bridgehead atoms. The molecule has 1 aromatic carbocycles. The number of carbonyl (C=O) groups excluding carboxylic acids is 1. The molecule has 0 atom stereocenters. The maximum atomic E-state index is 11.0. The van der Waals surface area contributed by atoms with Crippen LogP contribution in [0.1, 0.15) is 17.3 Å². The van der Waals surface area contributed by atoms with Crippen molar-refractivity contribution in [2.24, 2.45) is 0 Å². The summed E-state index contributed by atoms with van der Waals surface area (Å²) in [6, 6.07) is 6.81. The van der Waals surface area contributed by atoms with E-state index in [1.807, 2.05) is 0 Å². The van der Waals surface area contributed by atoms with E-state index < -0.39 is 5.97 Å². The van der Waals surface area contributed by atoms with E-state index in [-0.39, 0.29) is 5.75 Å². The molecular formula is C9H9O3. The Labute approximate surface area is 70.6 Å². The maximum Gasteiger partial charge on any atom is 0.338 e. The fraction of sp³-hybridized carbons (Fsp3) is 0.222. The number of phenolic OH excluding ortho intramolecular Hbond substituents is 1. The minimum atomic E-state index is -0.419. The van der Waals surface area contributed by atoms with Crippen LogP contribution < -0.4 is 0 Å². The highest BCUT2D eigenvalue weighted by molar-refractivity contribution is 5.89. The molecule has 1 rings (SSSR count). The highest BCUT2D eigenvalue weighted by atomic mass is 16.5. The van der Waals surface area contributed by atoms with E-state index in [2.05, 4.69) is 6.07 Å². The number of phenols is 1. The van der Waals surface area contributed by atoms with Crippen molar-refractivity contribution in [1.29, 1.82) is 0 Å². The Balaban J connectivity index is 2.75. The highest BCUT2D eigenvalue weighted by Crippen LogP contribution is 2.09. The molecule has 0 aliphatic rings. The van der Waals surface area contributed by atoms with Gasteiger partial charge >= 0.3 is 5.97 Å². The van der Waals surface area contributed by atoms with Gasteiger partial charge in [-0.2, -0.15) is 0 Å². The molecule has 3 nitrogen and oxygen atoms in total. The second kappa shape index (κ2) is 3.76. The smallest absolute Gasteiger partial charge is 0.338 e. The minimum Gasteiger partial charge on any atom is -0.508 e. The summed E-state index contributed by atoms with van der Waals surface area (Å²) < 4.78 is 4.72. The third-order valence-electron chi connectivity index (χ3n) is 1.29. The van der Waals surface area contributed by atoms with E-state index in [4.69, 9.17) is 9.84 Å². The summed E-state index contributed by atoms with van der Waals surface area (Å²) in [5, 5.41) is 8.88. The molecule has 0 aliphatic carbocycles. The van der Waals surface area contributed by atoms with Gasteiger partial charge in [-0.05, 0) is 25.1 Å². The first-order valence-electron chi connectivity index (χ1n) is 3.62. The molecule has 1 aromatic rings. The summed E-state index contributed by atoms with van der Waals surface area (Å²) in [6.07, 6.45) is 0. The lowest BCUT2D eigenvalue weighted by molar-refractivity contribution is 0.0526. The van der Waals surface area contributed by atoms with Gasteiger partial charge < -0.3 is 9.84 Å². The van der Waals surface area contributed by atoms with E-state index in [1.165, 1.54) is 18.2 Å². The van der Waals surface area contributed by atoms with Gasteiger partial charge in [0.05, 0.1) is 12.2 Å². The predicted octanol–water partition coefficient (Wildman–Crippen LogP) is 1.37. The molecule has 0 heterocycles. The van der Waals surface area contributed by atoms with Gasteiger partial charge in [0.25, 0.3) is 0 Å². The number of aromatic hydroxyl groups is 1. The molecule has 0 spiro atoms. The number of hydrogen-bond donors (Lipinski definition) is 1. The molecule has 3 heteroatoms. The lowest BCUT2D eigenvalue weighted by Crippen LogP contribution is -2.03. The number of esters is 1. The van der Waals surface area contributed by atoms with Crippen molar-refractivity contribution in [3.05, 3.63) is 29.8 Å². The van der Waals surface area contributed by atoms with Crippen LogP contribution in [-0.2, 0) is 4.74 Å². The molecule has 0 unspecified atom stereocenters. The van der Waals surface area contributed by atoms with Crippen LogP contribution >= 0.6 is 0 Å². The van der Waals surface area contributed by atoms with Gasteiger partial charge in [-0.15, -0.1) is 0 Å². The SMILES string of the molecule is CCOC(=O)c1[c]cc(O)cc1. The zero-order chi connectivity index (χ0) is 8.97. The van der Waals surface area contributed by atoms with Crippen molar-refractivity contribution in [3.63, 3.8) is 0 Å². The Bertz CT molecular complexity index is 264. The van der Waals surface area contributed by atoms with Crippen molar-refractivity contribution in [1.82, 2.24) is 0 Å². The number of benzene rings is 1. The minimum absolute atomic E-state index is 0.0862. The quantitative estimate of drug-likeness (QED) is 0.673. The molecule has 0 aromatic heterocycles. The van der Waals surface area contributed by atoms with Crippen LogP contribution in [0.2, 0.25) is 0 Å². The normalized spacial score (nSPS) is 9.42. The van der Waals surface area contributed by atoms with Gasteiger partial charge in [-0.1, -0.05) is 0 Å². The zero-order valence-electron chi connectivity index (χ0n) is 6.70. The topological polar surface area (TPSA) is 46.5 Å². The fourth-order valence-corrected chi connectivity index (χ4v) is 0.752. The number of carbonyl (C=O) groups is 1. The Morgan fingerprint density at radius 3 is 2.92 bits per heavy atom. The van der Waals surface area contributed by atoms with Gasteiger partial charge in [0.2, 0.25) is 0 Å². The number of ether oxygens (including phenoxy) is 1. The van der Waals surface area contributed by atoms with Crippen LogP contribution in [0, 0.1) is 6.07 Å². The van der Waals surface area contributed by atoms with Crippen LogP contribution in [0.15, 0.2) is 18.2 Å². The van der Waals surface area contributed by atoms with E-state index in [1.54, 1.807) is 6.92 Å². The Kier molecular flexibility index (Phi) is 2.69. The van der Waals surface area contributed by atoms with Crippen LogP contribution in [0.4, 0.5) is 0 Å². The Morgan fingerprint density at radius 2 is 2.42 bits per heavy atom. The molecule has 63 valence electrons. The van der Waals surface area contributed by atoms with Crippen LogP contribution in [0.25, 0.3) is 0 Å². The summed E-state index contributed by atoms with van der Waals surface area (Å²) >= 11 is 0. The molecule has 1 N–H and O–H groups in total. The van der Waals surface area contributed by atoms with E-state index in [9.17, 15) is 4.79 Å². The van der Waals surface area contributed by atoms with Gasteiger partial charge in [0.15, 0.2) is 0 Å². The molecule has 12 heavy (non-hydrogen) atoms. The number of rotatable bonds is 2. The van der Waals surface area contributed by atoms with Crippen LogP contribution in [-0.4, -0.2) is 17.7 Å². The molecule has 0 aliphatic heterocycles. The summed E-state index contributed by atoms with van der Waals surface area (Å²) in [5.74, 6) is -0.333. The standard InChI is InChI=1S/C9H9O3/c1-2-12-9(11)7-3-5-8(10)6-4-7/h3,5-6,10H,2H2,1H3. The average Bonchev–Trinajstić information content (AvgIpc) is 2.06. The van der Waals surface area contributed by atoms with Gasteiger partial charge in [-0.3, -0.25) is 0 Å². The lowest BCUT2D eigenvalue weighted by atomic mass is 10.2. The number of hydrogen-bond acceptors (Lipinski definition) is 3. The third-order valence-corrected chi connectivity index (χ3v) is 1.29. The first kappa shape index (κ1) is 8.59. The Hall–Kier alpha value is -1.51. The largest absolute Gasteiger partial charge is 0.508 e. The van der Waals surface area contributed by atoms with Crippen molar-refractivity contribution in [2.45, 2.75) is 6.92 Å². The monoisotopic (exact) mass is 165 g/mol. The Morgan fingerprint density at radius 1 is 1.67 bits per heavy atom. The van der Waals surface area contributed by atoms with Crippen LogP contribution in [0.3, 0.4) is 0 Å². The predicted molar refractivity (Wildman–Crippen MR) is 42.9 cm³/mol. The maximum absolute atomic E-state index is 11.0. The molecular weight excluding hydrogens is 156 g/mol. The van der Waals surface area contributed by atoms with E-state index in [0.717, 1.165) is 0 Å². The lowest BCUT2D eigenvalue weighted by Gasteiger charge is -1.99. The van der Waals surface area contributed by atoms with Crippen molar-refractivity contribution in [2.75, 3.05) is 6.61 Å². The molecule has 0 saturated heterocycles. The first-order valence-corrected chi connectivity index (χ1v) is 3.62. The zero-order valence-corrected chi connectivity index (χ0v) is 6.70. The van der Waals surface area contributed by atoms with Crippen molar-refractivity contribution >= 4 is 5.97 Å². The van der Waals surface area contributed by atoms with E-state index in [0.29, 0.717) is 12.2 Å². The van der Waals surface area contributed by atoms with Crippen molar-refractivity contribution in [3.8, 4) is 5.75 Å². The average molecular weight is 165 g/mol. The summed E-state index contributed by atoms with van der Waals surface area (Å²) in [5.41, 5.74) is 0.328. The molecule has 0 saturated carbocycles. The molecule has 1 radical (unpaired) electrons. The summed E-state index contributed by atoms with van der Waals surface area (Å²) in [4.78, 5) is 11.0. The highest BCUT2D eigenvalue weighted by Gasteiger charge is 2.04.